The van der Waals surface area contributed by atoms with Crippen molar-refractivity contribution in [1.82, 2.24) is 36.4 Å². The zero-order valence-electron chi connectivity index (χ0n) is 17.3. The number of hydrogen-bond donors (Lipinski definition) is 3. The summed E-state index contributed by atoms with van der Waals surface area (Å²) >= 11 is 0. The molecule has 0 saturated heterocycles. The van der Waals surface area contributed by atoms with Gasteiger partial charge in [0.25, 0.3) is 17.7 Å². The van der Waals surface area contributed by atoms with Gasteiger partial charge in [-0.05, 0) is 35.0 Å². The van der Waals surface area contributed by atoms with E-state index in [4.69, 9.17) is 4.42 Å². The Morgan fingerprint density at radius 2 is 1.67 bits per heavy atom. The number of carbonyl (C=O) groups is 3. The maximum absolute atomic E-state index is 12.2. The lowest BCUT2D eigenvalue weighted by molar-refractivity contribution is -0.120. The highest BCUT2D eigenvalue weighted by Gasteiger charge is 2.12. The van der Waals surface area contributed by atoms with Crippen LogP contribution in [0.25, 0.3) is 11.4 Å². The molecule has 3 amide bonds. The first-order valence-corrected chi connectivity index (χ1v) is 9.91. The lowest BCUT2D eigenvalue weighted by Crippen LogP contribution is -2.46. The van der Waals surface area contributed by atoms with Crippen LogP contribution in [-0.4, -0.2) is 44.5 Å². The number of tetrazole rings is 1. The lowest BCUT2D eigenvalue weighted by Gasteiger charge is -2.08. The molecule has 2 aromatic heterocycles. The van der Waals surface area contributed by atoms with Gasteiger partial charge in [0.05, 0.1) is 19.4 Å². The quantitative estimate of drug-likeness (QED) is 0.362. The van der Waals surface area contributed by atoms with Crippen LogP contribution in [0.3, 0.4) is 0 Å². The molecule has 2 heterocycles. The molecule has 166 valence electrons. The van der Waals surface area contributed by atoms with E-state index in [1.54, 1.807) is 30.3 Å². The Morgan fingerprint density at radius 1 is 0.879 bits per heavy atom. The fourth-order valence-corrected chi connectivity index (χ4v) is 2.84. The van der Waals surface area contributed by atoms with Crippen LogP contribution in [-0.2, 0) is 11.3 Å². The topological polar surface area (TPSA) is 144 Å². The van der Waals surface area contributed by atoms with Crippen molar-refractivity contribution < 1.29 is 18.8 Å². The number of amides is 3. The molecular weight excluding hydrogens is 426 g/mol. The fraction of sp³-hybridized carbons (Fsp3) is 0.0909. The highest BCUT2D eigenvalue weighted by atomic mass is 16.3. The highest BCUT2D eigenvalue weighted by Crippen LogP contribution is 2.12. The summed E-state index contributed by atoms with van der Waals surface area (Å²) in [5.74, 6) is -1.01. The summed E-state index contributed by atoms with van der Waals surface area (Å²) in [5.41, 5.74) is 6.62. The normalized spacial score (nSPS) is 10.4. The second-order valence-electron chi connectivity index (χ2n) is 6.87. The summed E-state index contributed by atoms with van der Waals surface area (Å²) in [6, 6.07) is 19.3. The molecule has 2 aromatic carbocycles. The van der Waals surface area contributed by atoms with Crippen molar-refractivity contribution in [2.24, 2.45) is 0 Å². The highest BCUT2D eigenvalue weighted by molar-refractivity contribution is 5.97. The predicted molar refractivity (Wildman–Crippen MR) is 115 cm³/mol. The van der Waals surface area contributed by atoms with Crippen molar-refractivity contribution in [2.75, 3.05) is 6.54 Å². The van der Waals surface area contributed by atoms with E-state index in [1.807, 2.05) is 30.3 Å². The van der Waals surface area contributed by atoms with Crippen molar-refractivity contribution in [3.63, 3.8) is 0 Å². The predicted octanol–water partition coefficient (Wildman–Crippen LogP) is 1.17. The zero-order valence-corrected chi connectivity index (χ0v) is 17.3. The maximum Gasteiger partial charge on any atom is 0.287 e. The van der Waals surface area contributed by atoms with Crippen molar-refractivity contribution in [3.8, 4) is 11.4 Å². The minimum absolute atomic E-state index is 0.0873. The third-order valence-corrected chi connectivity index (χ3v) is 4.49. The Labute approximate surface area is 187 Å². The Morgan fingerprint density at radius 3 is 2.39 bits per heavy atom. The average Bonchev–Trinajstić information content (AvgIpc) is 3.55. The smallest absolute Gasteiger partial charge is 0.287 e. The Hall–Kier alpha value is -4.80. The summed E-state index contributed by atoms with van der Waals surface area (Å²) in [4.78, 5) is 37.2. The molecule has 0 saturated carbocycles. The van der Waals surface area contributed by atoms with E-state index in [1.165, 1.54) is 17.1 Å². The molecule has 11 nitrogen and oxygen atoms in total. The number of nitrogens with one attached hydrogen (secondary N) is 3. The van der Waals surface area contributed by atoms with Gasteiger partial charge in [-0.25, -0.2) is 0 Å². The lowest BCUT2D eigenvalue weighted by atomic mass is 10.1. The van der Waals surface area contributed by atoms with Gasteiger partial charge < -0.3 is 9.73 Å². The standard InChI is InChI=1S/C22H19N7O4/c30-19(13-23-22(32)18-7-4-12-33-18)24-26-21(31)17-10-8-15(9-11-17)14-29-27-20(25-28-29)16-5-2-1-3-6-16/h1-12H,13-14H2,(H,23,32)(H,24,30)(H,26,31). The molecule has 3 N–H and O–H groups in total. The van der Waals surface area contributed by atoms with Crippen LogP contribution in [0.4, 0.5) is 0 Å². The summed E-state index contributed by atoms with van der Waals surface area (Å²) in [7, 11) is 0. The number of hydrazine groups is 1. The fourth-order valence-electron chi connectivity index (χ4n) is 2.84. The van der Waals surface area contributed by atoms with Crippen LogP contribution in [0.1, 0.15) is 26.5 Å². The SMILES string of the molecule is O=C(CNC(=O)c1ccco1)NNC(=O)c1ccc(Cn2nnc(-c3ccccc3)n2)cc1. The molecule has 0 aliphatic rings. The van der Waals surface area contributed by atoms with Crippen LogP contribution in [0.15, 0.2) is 77.4 Å². The molecule has 0 aliphatic heterocycles. The first kappa shape index (κ1) is 21.4. The van der Waals surface area contributed by atoms with Gasteiger partial charge in [-0.2, -0.15) is 4.80 Å². The van der Waals surface area contributed by atoms with Gasteiger partial charge >= 0.3 is 0 Å². The van der Waals surface area contributed by atoms with E-state index < -0.39 is 17.7 Å². The van der Waals surface area contributed by atoms with Crippen molar-refractivity contribution in [3.05, 3.63) is 89.9 Å². The molecule has 0 bridgehead atoms. The molecule has 4 rings (SSSR count). The molecule has 33 heavy (non-hydrogen) atoms. The van der Waals surface area contributed by atoms with Gasteiger partial charge in [-0.1, -0.05) is 42.5 Å². The van der Waals surface area contributed by atoms with E-state index in [0.29, 0.717) is 17.9 Å². The molecule has 0 aliphatic carbocycles. The Balaban J connectivity index is 1.25. The van der Waals surface area contributed by atoms with Crippen LogP contribution < -0.4 is 16.2 Å². The maximum atomic E-state index is 12.2. The minimum Gasteiger partial charge on any atom is -0.459 e. The number of nitrogens with zero attached hydrogens (tertiary/aromatic N) is 4. The van der Waals surface area contributed by atoms with E-state index in [0.717, 1.165) is 11.1 Å². The summed E-state index contributed by atoms with van der Waals surface area (Å²) < 4.78 is 4.93. The first-order valence-electron chi connectivity index (χ1n) is 9.91. The minimum atomic E-state index is -0.591. The number of hydrogen-bond acceptors (Lipinski definition) is 7. The second-order valence-corrected chi connectivity index (χ2v) is 6.87. The van der Waals surface area contributed by atoms with Gasteiger partial charge in [-0.15, -0.1) is 10.2 Å². The molecular formula is C22H19N7O4. The molecule has 4 aromatic rings. The average molecular weight is 445 g/mol. The van der Waals surface area contributed by atoms with Gasteiger partial charge in [0.1, 0.15) is 0 Å². The molecule has 0 radical (unpaired) electrons. The number of carbonyl (C=O) groups excluding carboxylic acids is 3. The molecule has 11 heteroatoms. The molecule has 0 spiro atoms. The monoisotopic (exact) mass is 445 g/mol. The van der Waals surface area contributed by atoms with E-state index >= 15 is 0 Å². The summed E-state index contributed by atoms with van der Waals surface area (Å²) in [5, 5.41) is 14.8. The van der Waals surface area contributed by atoms with Gasteiger partial charge in [-0.3, -0.25) is 25.2 Å². The molecule has 0 unspecified atom stereocenters. The van der Waals surface area contributed by atoms with Crippen molar-refractivity contribution in [1.29, 1.82) is 0 Å². The van der Waals surface area contributed by atoms with Crippen LogP contribution in [0, 0.1) is 0 Å². The van der Waals surface area contributed by atoms with Crippen molar-refractivity contribution >= 4 is 17.7 Å². The number of benzene rings is 2. The second kappa shape index (κ2) is 10.0. The van der Waals surface area contributed by atoms with E-state index in [2.05, 4.69) is 31.6 Å². The van der Waals surface area contributed by atoms with Crippen molar-refractivity contribution in [2.45, 2.75) is 6.54 Å². The third kappa shape index (κ3) is 5.67. The Bertz CT molecular complexity index is 1240. The van der Waals surface area contributed by atoms with Crippen LogP contribution in [0.5, 0.6) is 0 Å². The summed E-state index contributed by atoms with van der Waals surface area (Å²) in [6.45, 7) is 0.0580. The van der Waals surface area contributed by atoms with Crippen LogP contribution in [0.2, 0.25) is 0 Å². The largest absolute Gasteiger partial charge is 0.459 e. The molecule has 0 atom stereocenters. The number of furan rings is 1. The van der Waals surface area contributed by atoms with Gasteiger partial charge in [0, 0.05) is 11.1 Å². The zero-order chi connectivity index (χ0) is 23.0. The molecule has 0 fully saturated rings. The van der Waals surface area contributed by atoms with Gasteiger partial charge in [0.2, 0.25) is 5.82 Å². The van der Waals surface area contributed by atoms with Gasteiger partial charge in [0.15, 0.2) is 5.76 Å². The number of aromatic nitrogens is 4. The number of rotatable bonds is 7. The summed E-state index contributed by atoms with van der Waals surface area (Å²) in [6.07, 6.45) is 1.35. The Kier molecular flexibility index (Phi) is 6.50. The first-order chi connectivity index (χ1) is 16.1. The third-order valence-electron chi connectivity index (χ3n) is 4.49. The van der Waals surface area contributed by atoms with E-state index in [-0.39, 0.29) is 12.3 Å². The van der Waals surface area contributed by atoms with Crippen LogP contribution >= 0.6 is 0 Å². The van der Waals surface area contributed by atoms with E-state index in [9.17, 15) is 14.4 Å².